The Labute approximate surface area is 107 Å². The molecule has 0 aliphatic heterocycles. The van der Waals surface area contributed by atoms with E-state index in [4.69, 9.17) is 17.3 Å². The lowest BCUT2D eigenvalue weighted by molar-refractivity contribution is -0.123. The van der Waals surface area contributed by atoms with E-state index in [2.05, 4.69) is 5.32 Å². The van der Waals surface area contributed by atoms with Crippen LogP contribution in [0, 0.1) is 5.92 Å². The molecule has 4 heteroatoms. The summed E-state index contributed by atoms with van der Waals surface area (Å²) in [6.45, 7) is 5.74. The first kappa shape index (κ1) is 14.0. The Bertz CT molecular complexity index is 391. The summed E-state index contributed by atoms with van der Waals surface area (Å²) < 4.78 is 0. The van der Waals surface area contributed by atoms with E-state index in [0.29, 0.717) is 5.02 Å². The van der Waals surface area contributed by atoms with Crippen LogP contribution in [0.15, 0.2) is 24.3 Å². The maximum atomic E-state index is 11.7. The normalized spacial score (nSPS) is 14.5. The fourth-order valence-electron chi connectivity index (χ4n) is 1.62. The summed E-state index contributed by atoms with van der Waals surface area (Å²) in [4.78, 5) is 11.7. The molecule has 1 rings (SSSR count). The molecule has 0 aromatic heterocycles. The summed E-state index contributed by atoms with van der Waals surface area (Å²) in [5.74, 6) is 0.0845. The zero-order valence-corrected chi connectivity index (χ0v) is 11.2. The topological polar surface area (TPSA) is 55.1 Å². The lowest BCUT2D eigenvalue weighted by Crippen LogP contribution is -2.41. The highest BCUT2D eigenvalue weighted by atomic mass is 35.5. The summed E-state index contributed by atoms with van der Waals surface area (Å²) in [6.07, 6.45) is 0. The van der Waals surface area contributed by atoms with Crippen molar-refractivity contribution < 1.29 is 4.79 Å². The van der Waals surface area contributed by atoms with Gasteiger partial charge in [-0.15, -0.1) is 0 Å². The lowest BCUT2D eigenvalue weighted by Gasteiger charge is -2.24. The molecule has 0 fully saturated rings. The molecule has 17 heavy (non-hydrogen) atoms. The Morgan fingerprint density at radius 2 is 1.88 bits per heavy atom. The summed E-state index contributed by atoms with van der Waals surface area (Å²) in [5.41, 5.74) is 6.48. The number of nitrogens with one attached hydrogen (secondary N) is 1. The molecule has 1 unspecified atom stereocenters. The maximum absolute atomic E-state index is 11.7. The molecule has 0 saturated carbocycles. The standard InChI is InChI=1S/C13H19ClN2O/c1-8(2)12(16-13(17)9(3)15)10-6-4-5-7-11(10)14/h4-9,12H,15H2,1-3H3,(H,16,17)/t9-,12?/m0/s1. The number of carbonyl (C=O) groups is 1. The molecule has 3 N–H and O–H groups in total. The van der Waals surface area contributed by atoms with Crippen molar-refractivity contribution in [3.8, 4) is 0 Å². The van der Waals surface area contributed by atoms with Crippen LogP contribution in [0.3, 0.4) is 0 Å². The number of rotatable bonds is 4. The predicted octanol–water partition coefficient (Wildman–Crippen LogP) is 2.50. The van der Waals surface area contributed by atoms with Gasteiger partial charge < -0.3 is 11.1 Å². The van der Waals surface area contributed by atoms with Crippen LogP contribution < -0.4 is 11.1 Å². The van der Waals surface area contributed by atoms with E-state index in [0.717, 1.165) is 5.56 Å². The number of hydrogen-bond donors (Lipinski definition) is 2. The fourth-order valence-corrected chi connectivity index (χ4v) is 1.87. The van der Waals surface area contributed by atoms with E-state index in [1.165, 1.54) is 0 Å². The zero-order chi connectivity index (χ0) is 13.0. The van der Waals surface area contributed by atoms with Gasteiger partial charge >= 0.3 is 0 Å². The SMILES string of the molecule is CC(C)C(NC(=O)[C@H](C)N)c1ccccc1Cl. The predicted molar refractivity (Wildman–Crippen MR) is 70.8 cm³/mol. The number of benzene rings is 1. The molecule has 0 saturated heterocycles. The summed E-state index contributed by atoms with van der Waals surface area (Å²) in [5, 5.41) is 3.59. The second-order valence-electron chi connectivity index (χ2n) is 4.54. The first-order chi connectivity index (χ1) is 7.93. The van der Waals surface area contributed by atoms with Crippen LogP contribution in [0.1, 0.15) is 32.4 Å². The second kappa shape index (κ2) is 6.03. The van der Waals surface area contributed by atoms with Crippen molar-refractivity contribution in [1.29, 1.82) is 0 Å². The smallest absolute Gasteiger partial charge is 0.237 e. The molecule has 0 heterocycles. The summed E-state index contributed by atoms with van der Waals surface area (Å²) in [7, 11) is 0. The summed E-state index contributed by atoms with van der Waals surface area (Å²) in [6, 6.07) is 6.91. The highest BCUT2D eigenvalue weighted by Crippen LogP contribution is 2.27. The first-order valence-corrected chi connectivity index (χ1v) is 6.11. The van der Waals surface area contributed by atoms with Crippen molar-refractivity contribution in [2.75, 3.05) is 0 Å². The van der Waals surface area contributed by atoms with Crippen LogP contribution in [-0.2, 0) is 4.79 Å². The highest BCUT2D eigenvalue weighted by molar-refractivity contribution is 6.31. The Kier molecular flexibility index (Phi) is 4.97. The van der Waals surface area contributed by atoms with Crippen molar-refractivity contribution in [2.24, 2.45) is 11.7 Å². The monoisotopic (exact) mass is 254 g/mol. The first-order valence-electron chi connectivity index (χ1n) is 5.74. The third kappa shape index (κ3) is 3.72. The fraction of sp³-hybridized carbons (Fsp3) is 0.462. The molecular weight excluding hydrogens is 236 g/mol. The number of amides is 1. The van der Waals surface area contributed by atoms with E-state index >= 15 is 0 Å². The molecule has 94 valence electrons. The Balaban J connectivity index is 2.95. The molecule has 1 amide bonds. The molecule has 1 aromatic rings. The van der Waals surface area contributed by atoms with Crippen LogP contribution >= 0.6 is 11.6 Å². The third-order valence-electron chi connectivity index (χ3n) is 2.62. The zero-order valence-electron chi connectivity index (χ0n) is 10.4. The molecule has 2 atom stereocenters. The van der Waals surface area contributed by atoms with Crippen LogP contribution in [0.2, 0.25) is 5.02 Å². The minimum absolute atomic E-state index is 0.109. The van der Waals surface area contributed by atoms with Crippen molar-refractivity contribution in [2.45, 2.75) is 32.9 Å². The Morgan fingerprint density at radius 3 is 2.35 bits per heavy atom. The quantitative estimate of drug-likeness (QED) is 0.868. The van der Waals surface area contributed by atoms with E-state index in [1.54, 1.807) is 6.92 Å². The van der Waals surface area contributed by atoms with Gasteiger partial charge in [-0.3, -0.25) is 4.79 Å². The largest absolute Gasteiger partial charge is 0.348 e. The van der Waals surface area contributed by atoms with Crippen molar-refractivity contribution in [3.63, 3.8) is 0 Å². The number of carbonyl (C=O) groups excluding carboxylic acids is 1. The van der Waals surface area contributed by atoms with Gasteiger partial charge in [0, 0.05) is 5.02 Å². The molecule has 0 radical (unpaired) electrons. The van der Waals surface area contributed by atoms with Gasteiger partial charge in [0.2, 0.25) is 5.91 Å². The molecular formula is C13H19ClN2O. The van der Waals surface area contributed by atoms with Crippen molar-refractivity contribution >= 4 is 17.5 Å². The van der Waals surface area contributed by atoms with E-state index in [1.807, 2.05) is 38.1 Å². The number of hydrogen-bond acceptors (Lipinski definition) is 2. The molecule has 0 spiro atoms. The molecule has 0 aliphatic carbocycles. The van der Waals surface area contributed by atoms with Crippen LogP contribution in [-0.4, -0.2) is 11.9 Å². The van der Waals surface area contributed by atoms with E-state index in [9.17, 15) is 4.79 Å². The van der Waals surface area contributed by atoms with Gasteiger partial charge in [-0.05, 0) is 24.5 Å². The van der Waals surface area contributed by atoms with Crippen LogP contribution in [0.4, 0.5) is 0 Å². The number of nitrogens with two attached hydrogens (primary N) is 1. The van der Waals surface area contributed by atoms with Gasteiger partial charge in [0.25, 0.3) is 0 Å². The molecule has 0 bridgehead atoms. The third-order valence-corrected chi connectivity index (χ3v) is 2.96. The van der Waals surface area contributed by atoms with E-state index < -0.39 is 6.04 Å². The highest BCUT2D eigenvalue weighted by Gasteiger charge is 2.21. The Morgan fingerprint density at radius 1 is 1.29 bits per heavy atom. The molecule has 3 nitrogen and oxygen atoms in total. The average Bonchev–Trinajstić information content (AvgIpc) is 2.26. The minimum atomic E-state index is -0.515. The van der Waals surface area contributed by atoms with Gasteiger partial charge in [-0.25, -0.2) is 0 Å². The number of halogens is 1. The van der Waals surface area contributed by atoms with Crippen LogP contribution in [0.5, 0.6) is 0 Å². The van der Waals surface area contributed by atoms with Crippen LogP contribution in [0.25, 0.3) is 0 Å². The van der Waals surface area contributed by atoms with Gasteiger partial charge in [-0.1, -0.05) is 43.6 Å². The molecule has 1 aromatic carbocycles. The van der Waals surface area contributed by atoms with Crippen molar-refractivity contribution in [3.05, 3.63) is 34.9 Å². The van der Waals surface area contributed by atoms with Gasteiger partial charge in [0.15, 0.2) is 0 Å². The lowest BCUT2D eigenvalue weighted by atomic mass is 9.95. The maximum Gasteiger partial charge on any atom is 0.237 e. The minimum Gasteiger partial charge on any atom is -0.348 e. The van der Waals surface area contributed by atoms with E-state index in [-0.39, 0.29) is 17.9 Å². The molecule has 0 aliphatic rings. The van der Waals surface area contributed by atoms with Gasteiger partial charge in [-0.2, -0.15) is 0 Å². The summed E-state index contributed by atoms with van der Waals surface area (Å²) >= 11 is 6.14. The Hall–Kier alpha value is -1.06. The second-order valence-corrected chi connectivity index (χ2v) is 4.95. The van der Waals surface area contributed by atoms with Gasteiger partial charge in [0.1, 0.15) is 0 Å². The van der Waals surface area contributed by atoms with Crippen molar-refractivity contribution in [1.82, 2.24) is 5.32 Å². The average molecular weight is 255 g/mol. The van der Waals surface area contributed by atoms with Gasteiger partial charge in [0.05, 0.1) is 12.1 Å².